The lowest BCUT2D eigenvalue weighted by atomic mass is 9.93. The van der Waals surface area contributed by atoms with Crippen molar-refractivity contribution in [2.45, 2.75) is 26.4 Å². The topological polar surface area (TPSA) is 44.7 Å². The van der Waals surface area contributed by atoms with E-state index in [-0.39, 0.29) is 5.92 Å². The third-order valence-electron chi connectivity index (χ3n) is 3.44. The largest absolute Gasteiger partial charge is 0.389 e. The molecule has 0 bridgehead atoms. The highest BCUT2D eigenvalue weighted by molar-refractivity contribution is 4.79. The molecule has 1 aliphatic rings. The summed E-state index contributed by atoms with van der Waals surface area (Å²) in [5, 5.41) is 13.4. The zero-order valence-corrected chi connectivity index (χ0v) is 10.8. The van der Waals surface area contributed by atoms with Crippen LogP contribution in [0, 0.1) is 5.92 Å². The minimum atomic E-state index is -0.606. The first-order valence-corrected chi connectivity index (χ1v) is 6.25. The first-order valence-electron chi connectivity index (χ1n) is 6.25. The van der Waals surface area contributed by atoms with Crippen molar-refractivity contribution in [3.63, 3.8) is 0 Å². The lowest BCUT2D eigenvalue weighted by Gasteiger charge is -2.30. The second kappa shape index (κ2) is 6.55. The molecule has 1 heterocycles. The third-order valence-corrected chi connectivity index (χ3v) is 3.44. The normalized spacial score (nSPS) is 22.3. The van der Waals surface area contributed by atoms with Crippen LogP contribution in [-0.2, 0) is 4.74 Å². The highest BCUT2D eigenvalue weighted by atomic mass is 16.5. The SMILES string of the molecule is CC(C)C(C)(O)CNCCN1CCOCC1. The maximum absolute atomic E-state index is 10.0. The van der Waals surface area contributed by atoms with Crippen molar-refractivity contribution in [3.05, 3.63) is 0 Å². The van der Waals surface area contributed by atoms with Gasteiger partial charge in [-0.3, -0.25) is 4.90 Å². The molecule has 1 atom stereocenters. The minimum Gasteiger partial charge on any atom is -0.389 e. The minimum absolute atomic E-state index is 0.281. The molecule has 0 aliphatic carbocycles. The van der Waals surface area contributed by atoms with Crippen LogP contribution in [0.15, 0.2) is 0 Å². The Bertz CT molecular complexity index is 189. The van der Waals surface area contributed by atoms with E-state index in [2.05, 4.69) is 10.2 Å². The summed E-state index contributed by atoms with van der Waals surface area (Å²) >= 11 is 0. The molecular formula is C12H26N2O2. The Kier molecular flexibility index (Phi) is 5.69. The Hall–Kier alpha value is -0.160. The molecule has 0 aromatic carbocycles. The molecule has 0 saturated carbocycles. The second-order valence-electron chi connectivity index (χ2n) is 5.14. The number of aliphatic hydroxyl groups is 1. The van der Waals surface area contributed by atoms with Crippen molar-refractivity contribution in [3.8, 4) is 0 Å². The molecule has 1 unspecified atom stereocenters. The molecule has 0 aromatic heterocycles. The highest BCUT2D eigenvalue weighted by Gasteiger charge is 2.23. The third kappa shape index (κ3) is 4.78. The van der Waals surface area contributed by atoms with E-state index < -0.39 is 5.60 Å². The summed E-state index contributed by atoms with van der Waals surface area (Å²) in [6, 6.07) is 0. The van der Waals surface area contributed by atoms with Crippen LogP contribution in [-0.4, -0.2) is 61.5 Å². The Morgan fingerprint density at radius 3 is 2.56 bits per heavy atom. The summed E-state index contributed by atoms with van der Waals surface area (Å²) in [4.78, 5) is 2.39. The number of ether oxygens (including phenoxy) is 1. The number of nitrogens with one attached hydrogen (secondary N) is 1. The van der Waals surface area contributed by atoms with Gasteiger partial charge in [0.2, 0.25) is 0 Å². The van der Waals surface area contributed by atoms with Crippen LogP contribution in [0.1, 0.15) is 20.8 Å². The lowest BCUT2D eigenvalue weighted by Crippen LogP contribution is -2.45. The molecule has 16 heavy (non-hydrogen) atoms. The number of rotatable bonds is 6. The maximum atomic E-state index is 10.0. The van der Waals surface area contributed by atoms with Gasteiger partial charge in [0, 0.05) is 32.7 Å². The van der Waals surface area contributed by atoms with Crippen LogP contribution < -0.4 is 5.32 Å². The second-order valence-corrected chi connectivity index (χ2v) is 5.14. The molecule has 0 radical (unpaired) electrons. The number of nitrogens with zero attached hydrogens (tertiary/aromatic N) is 1. The fourth-order valence-electron chi connectivity index (χ4n) is 1.61. The number of hydrogen-bond donors (Lipinski definition) is 2. The molecule has 0 amide bonds. The van der Waals surface area contributed by atoms with Crippen molar-refractivity contribution < 1.29 is 9.84 Å². The van der Waals surface area contributed by atoms with Gasteiger partial charge in [-0.15, -0.1) is 0 Å². The van der Waals surface area contributed by atoms with Gasteiger partial charge in [0.25, 0.3) is 0 Å². The van der Waals surface area contributed by atoms with Crippen molar-refractivity contribution in [2.75, 3.05) is 45.9 Å². The van der Waals surface area contributed by atoms with Gasteiger partial charge in [0.05, 0.1) is 18.8 Å². The van der Waals surface area contributed by atoms with E-state index in [0.717, 1.165) is 39.4 Å². The van der Waals surface area contributed by atoms with E-state index in [1.54, 1.807) is 0 Å². The fourth-order valence-corrected chi connectivity index (χ4v) is 1.61. The summed E-state index contributed by atoms with van der Waals surface area (Å²) in [5.41, 5.74) is -0.606. The van der Waals surface area contributed by atoms with Gasteiger partial charge < -0.3 is 15.2 Å². The van der Waals surface area contributed by atoms with Gasteiger partial charge in [0.1, 0.15) is 0 Å². The molecule has 0 spiro atoms. The molecule has 96 valence electrons. The van der Waals surface area contributed by atoms with Crippen molar-refractivity contribution in [2.24, 2.45) is 5.92 Å². The van der Waals surface area contributed by atoms with Gasteiger partial charge in [-0.2, -0.15) is 0 Å². The zero-order chi connectivity index (χ0) is 12.0. The monoisotopic (exact) mass is 230 g/mol. The Morgan fingerprint density at radius 1 is 1.38 bits per heavy atom. The fraction of sp³-hybridized carbons (Fsp3) is 1.00. The summed E-state index contributed by atoms with van der Waals surface area (Å²) in [7, 11) is 0. The smallest absolute Gasteiger partial charge is 0.0766 e. The highest BCUT2D eigenvalue weighted by Crippen LogP contribution is 2.14. The van der Waals surface area contributed by atoms with Crippen LogP contribution in [0.5, 0.6) is 0 Å². The van der Waals surface area contributed by atoms with Crippen LogP contribution in [0.3, 0.4) is 0 Å². The van der Waals surface area contributed by atoms with Gasteiger partial charge in [-0.1, -0.05) is 13.8 Å². The average molecular weight is 230 g/mol. The van der Waals surface area contributed by atoms with Gasteiger partial charge in [-0.05, 0) is 12.8 Å². The predicted octanol–water partition coefficient (Wildman–Crippen LogP) is 0.315. The average Bonchev–Trinajstić information content (AvgIpc) is 2.26. The lowest BCUT2D eigenvalue weighted by molar-refractivity contribution is 0.0116. The van der Waals surface area contributed by atoms with Gasteiger partial charge in [0.15, 0.2) is 0 Å². The molecule has 1 aliphatic heterocycles. The maximum Gasteiger partial charge on any atom is 0.0766 e. The summed E-state index contributed by atoms with van der Waals surface area (Å²) in [6.07, 6.45) is 0. The molecule has 4 nitrogen and oxygen atoms in total. The molecule has 1 rings (SSSR count). The molecular weight excluding hydrogens is 204 g/mol. The van der Waals surface area contributed by atoms with E-state index in [0.29, 0.717) is 6.54 Å². The molecule has 0 aromatic rings. The first-order chi connectivity index (χ1) is 7.52. The van der Waals surface area contributed by atoms with Crippen LogP contribution in [0.2, 0.25) is 0 Å². The van der Waals surface area contributed by atoms with E-state index in [1.165, 1.54) is 0 Å². The predicted molar refractivity (Wildman–Crippen MR) is 65.6 cm³/mol. The Balaban J connectivity index is 2.06. The first kappa shape index (κ1) is 13.9. The molecule has 4 heteroatoms. The van der Waals surface area contributed by atoms with E-state index >= 15 is 0 Å². The van der Waals surface area contributed by atoms with Crippen LogP contribution in [0.25, 0.3) is 0 Å². The van der Waals surface area contributed by atoms with Crippen LogP contribution in [0.4, 0.5) is 0 Å². The summed E-state index contributed by atoms with van der Waals surface area (Å²) < 4.78 is 5.29. The van der Waals surface area contributed by atoms with E-state index in [1.807, 2.05) is 20.8 Å². The van der Waals surface area contributed by atoms with Crippen molar-refractivity contribution in [1.82, 2.24) is 10.2 Å². The van der Waals surface area contributed by atoms with Crippen molar-refractivity contribution >= 4 is 0 Å². The number of hydrogen-bond acceptors (Lipinski definition) is 4. The number of morpholine rings is 1. The van der Waals surface area contributed by atoms with E-state index in [9.17, 15) is 5.11 Å². The molecule has 1 fully saturated rings. The van der Waals surface area contributed by atoms with E-state index in [4.69, 9.17) is 4.74 Å². The van der Waals surface area contributed by atoms with Gasteiger partial charge in [-0.25, -0.2) is 0 Å². The Morgan fingerprint density at radius 2 is 2.00 bits per heavy atom. The zero-order valence-electron chi connectivity index (χ0n) is 10.8. The van der Waals surface area contributed by atoms with Gasteiger partial charge >= 0.3 is 0 Å². The molecule has 1 saturated heterocycles. The standard InChI is InChI=1S/C12H26N2O2/c1-11(2)12(3,15)10-13-4-5-14-6-8-16-9-7-14/h11,13,15H,4-10H2,1-3H3. The summed E-state index contributed by atoms with van der Waals surface area (Å²) in [5.74, 6) is 0.281. The van der Waals surface area contributed by atoms with Crippen molar-refractivity contribution in [1.29, 1.82) is 0 Å². The quantitative estimate of drug-likeness (QED) is 0.645. The Labute approximate surface area is 99.0 Å². The molecule has 2 N–H and O–H groups in total. The summed E-state index contributed by atoms with van der Waals surface area (Å²) in [6.45, 7) is 12.4. The van der Waals surface area contributed by atoms with Crippen LogP contribution >= 0.6 is 0 Å².